The van der Waals surface area contributed by atoms with Crippen molar-refractivity contribution in [2.75, 3.05) is 22.4 Å². The van der Waals surface area contributed by atoms with Crippen molar-refractivity contribution in [2.24, 2.45) is 0 Å². The molecule has 30 heavy (non-hydrogen) atoms. The highest BCUT2D eigenvalue weighted by Gasteiger charge is 2.18. The normalized spacial score (nSPS) is 12.1. The van der Waals surface area contributed by atoms with Crippen LogP contribution in [0.1, 0.15) is 43.5 Å². The molecule has 2 rings (SSSR count). The first-order valence-corrected chi connectivity index (χ1v) is 11.8. The first-order chi connectivity index (χ1) is 14.2. The maximum atomic E-state index is 12.5. The van der Waals surface area contributed by atoms with Gasteiger partial charge in [-0.25, -0.2) is 8.42 Å². The second-order valence-corrected chi connectivity index (χ2v) is 9.06. The molecule has 0 aliphatic heterocycles. The van der Waals surface area contributed by atoms with Crippen LogP contribution >= 0.6 is 0 Å². The number of carbonyl (C=O) groups excluding carboxylic acids is 2. The number of anilines is 2. The lowest BCUT2D eigenvalue weighted by Gasteiger charge is -2.22. The minimum Gasteiger partial charge on any atom is -0.350 e. The summed E-state index contributed by atoms with van der Waals surface area (Å²) in [5.41, 5.74) is 1.40. The number of para-hydroxylation sites is 2. The summed E-state index contributed by atoms with van der Waals surface area (Å²) >= 11 is 0. The molecule has 0 radical (unpaired) electrons. The van der Waals surface area contributed by atoms with Gasteiger partial charge in [-0.05, 0) is 44.0 Å². The lowest BCUT2D eigenvalue weighted by atomic mass is 10.1. The number of nitrogens with one attached hydrogen (secondary N) is 2. The van der Waals surface area contributed by atoms with Crippen LogP contribution < -0.4 is 14.9 Å². The van der Waals surface area contributed by atoms with E-state index in [1.54, 1.807) is 48.5 Å². The average molecular weight is 432 g/mol. The Morgan fingerprint density at radius 1 is 1.03 bits per heavy atom. The van der Waals surface area contributed by atoms with E-state index in [-0.39, 0.29) is 30.8 Å². The minimum atomic E-state index is -3.46. The zero-order valence-electron chi connectivity index (χ0n) is 17.6. The van der Waals surface area contributed by atoms with Gasteiger partial charge in [0.2, 0.25) is 15.9 Å². The molecule has 2 aromatic carbocycles. The number of rotatable bonds is 10. The molecule has 0 fully saturated rings. The Kier molecular flexibility index (Phi) is 8.41. The predicted octanol–water partition coefficient (Wildman–Crippen LogP) is 3.40. The van der Waals surface area contributed by atoms with E-state index in [0.29, 0.717) is 23.4 Å². The van der Waals surface area contributed by atoms with Crippen molar-refractivity contribution in [1.29, 1.82) is 0 Å². The van der Waals surface area contributed by atoms with Crippen LogP contribution in [-0.4, -0.2) is 39.1 Å². The quantitative estimate of drug-likeness (QED) is 0.603. The molecule has 2 aromatic rings. The summed E-state index contributed by atoms with van der Waals surface area (Å²) in [6, 6.07) is 15.6. The van der Waals surface area contributed by atoms with E-state index in [4.69, 9.17) is 0 Å². The number of amides is 2. The van der Waals surface area contributed by atoms with Crippen LogP contribution in [0.2, 0.25) is 0 Å². The topological polar surface area (TPSA) is 95.6 Å². The number of carbonyl (C=O) groups is 2. The van der Waals surface area contributed by atoms with Crippen LogP contribution in [-0.2, 0) is 14.8 Å². The molecule has 0 saturated heterocycles. The summed E-state index contributed by atoms with van der Waals surface area (Å²) in [6.07, 6.45) is 2.42. The van der Waals surface area contributed by atoms with Crippen molar-refractivity contribution in [3.05, 3.63) is 60.2 Å². The van der Waals surface area contributed by atoms with Gasteiger partial charge in [0, 0.05) is 19.0 Å². The molecule has 8 heteroatoms. The molecule has 2 N–H and O–H groups in total. The van der Waals surface area contributed by atoms with E-state index in [1.165, 1.54) is 4.31 Å². The molecular formula is C22H29N3O4S. The van der Waals surface area contributed by atoms with Crippen LogP contribution in [0.25, 0.3) is 0 Å². The molecular weight excluding hydrogens is 402 g/mol. The molecule has 1 atom stereocenters. The van der Waals surface area contributed by atoms with Crippen LogP contribution in [0, 0.1) is 0 Å². The van der Waals surface area contributed by atoms with Crippen molar-refractivity contribution in [1.82, 2.24) is 5.32 Å². The van der Waals surface area contributed by atoms with Gasteiger partial charge in [0.05, 0.1) is 23.2 Å². The van der Waals surface area contributed by atoms with Gasteiger partial charge in [-0.2, -0.15) is 0 Å². The van der Waals surface area contributed by atoms with E-state index in [9.17, 15) is 18.0 Å². The maximum absolute atomic E-state index is 12.5. The van der Waals surface area contributed by atoms with E-state index >= 15 is 0 Å². The van der Waals surface area contributed by atoms with Crippen molar-refractivity contribution in [3.63, 3.8) is 0 Å². The van der Waals surface area contributed by atoms with Gasteiger partial charge in [-0.1, -0.05) is 37.3 Å². The third-order valence-corrected chi connectivity index (χ3v) is 5.84. The molecule has 0 heterocycles. The van der Waals surface area contributed by atoms with Gasteiger partial charge in [0.1, 0.15) is 0 Å². The van der Waals surface area contributed by atoms with Crippen molar-refractivity contribution in [3.8, 4) is 0 Å². The van der Waals surface area contributed by atoms with E-state index in [2.05, 4.69) is 10.6 Å². The second-order valence-electron chi connectivity index (χ2n) is 7.15. The highest BCUT2D eigenvalue weighted by atomic mass is 32.2. The fourth-order valence-corrected chi connectivity index (χ4v) is 3.84. The van der Waals surface area contributed by atoms with Gasteiger partial charge in [-0.3, -0.25) is 13.9 Å². The molecule has 0 unspecified atom stereocenters. The fraction of sp³-hybridized carbons (Fsp3) is 0.364. The smallest absolute Gasteiger partial charge is 0.253 e. The summed E-state index contributed by atoms with van der Waals surface area (Å²) in [5, 5.41) is 5.66. The van der Waals surface area contributed by atoms with Crippen LogP contribution in [0.4, 0.5) is 11.4 Å². The Balaban J connectivity index is 1.99. The average Bonchev–Trinajstić information content (AvgIpc) is 2.71. The Hall–Kier alpha value is -2.87. The molecule has 0 aromatic heterocycles. The largest absolute Gasteiger partial charge is 0.350 e. The van der Waals surface area contributed by atoms with Crippen molar-refractivity contribution >= 4 is 33.2 Å². The van der Waals surface area contributed by atoms with Crippen molar-refractivity contribution in [2.45, 2.75) is 39.2 Å². The highest BCUT2D eigenvalue weighted by Crippen LogP contribution is 2.19. The number of sulfonamides is 1. The lowest BCUT2D eigenvalue weighted by molar-refractivity contribution is -0.116. The second kappa shape index (κ2) is 10.8. The van der Waals surface area contributed by atoms with Gasteiger partial charge < -0.3 is 10.6 Å². The van der Waals surface area contributed by atoms with Crippen LogP contribution in [0.5, 0.6) is 0 Å². The highest BCUT2D eigenvalue weighted by molar-refractivity contribution is 7.92. The summed E-state index contributed by atoms with van der Waals surface area (Å²) in [5.74, 6) is -0.520. The number of benzene rings is 2. The summed E-state index contributed by atoms with van der Waals surface area (Å²) in [6.45, 7) is 4.08. The summed E-state index contributed by atoms with van der Waals surface area (Å²) < 4.78 is 25.5. The van der Waals surface area contributed by atoms with E-state index in [1.807, 2.05) is 19.9 Å². The molecule has 0 aliphatic carbocycles. The Labute approximate surface area is 178 Å². The fourth-order valence-electron chi connectivity index (χ4n) is 2.87. The monoisotopic (exact) mass is 431 g/mol. The SMILES string of the molecule is CC[C@H](C)NC(=O)c1ccccc1NC(=O)CCCN(c1ccccc1)S(C)(=O)=O. The standard InChI is InChI=1S/C22H29N3O4S/c1-4-17(2)23-22(27)19-13-8-9-14-20(19)24-21(26)15-10-16-25(30(3,28)29)18-11-6-5-7-12-18/h5-9,11-14,17H,4,10,15-16H2,1-3H3,(H,23,27)(H,24,26)/t17-/m0/s1. The van der Waals surface area contributed by atoms with E-state index < -0.39 is 10.0 Å². The molecule has 0 bridgehead atoms. The molecule has 0 saturated carbocycles. The molecule has 2 amide bonds. The summed E-state index contributed by atoms with van der Waals surface area (Å²) in [7, 11) is -3.46. The zero-order valence-corrected chi connectivity index (χ0v) is 18.4. The first-order valence-electron chi connectivity index (χ1n) is 9.95. The maximum Gasteiger partial charge on any atom is 0.253 e. The number of hydrogen-bond donors (Lipinski definition) is 2. The summed E-state index contributed by atoms with van der Waals surface area (Å²) in [4.78, 5) is 24.9. The first kappa shape index (κ1) is 23.4. The lowest BCUT2D eigenvalue weighted by Crippen LogP contribution is -2.33. The van der Waals surface area contributed by atoms with Gasteiger partial charge in [0.25, 0.3) is 5.91 Å². The van der Waals surface area contributed by atoms with Crippen LogP contribution in [0.3, 0.4) is 0 Å². The van der Waals surface area contributed by atoms with Gasteiger partial charge >= 0.3 is 0 Å². The Morgan fingerprint density at radius 2 is 1.67 bits per heavy atom. The third kappa shape index (κ3) is 6.88. The van der Waals surface area contributed by atoms with Gasteiger partial charge in [-0.15, -0.1) is 0 Å². The molecule has 7 nitrogen and oxygen atoms in total. The molecule has 162 valence electrons. The van der Waals surface area contributed by atoms with Crippen molar-refractivity contribution < 1.29 is 18.0 Å². The van der Waals surface area contributed by atoms with E-state index in [0.717, 1.165) is 12.7 Å². The minimum absolute atomic E-state index is 0.0289. The predicted molar refractivity (Wildman–Crippen MR) is 120 cm³/mol. The zero-order chi connectivity index (χ0) is 22.1. The van der Waals surface area contributed by atoms with Gasteiger partial charge in [0.15, 0.2) is 0 Å². The Bertz CT molecular complexity index is 961. The Morgan fingerprint density at radius 3 is 2.30 bits per heavy atom. The number of hydrogen-bond acceptors (Lipinski definition) is 4. The third-order valence-electron chi connectivity index (χ3n) is 4.65. The van der Waals surface area contributed by atoms with Crippen LogP contribution in [0.15, 0.2) is 54.6 Å². The molecule has 0 spiro atoms. The molecule has 0 aliphatic rings. The number of nitrogens with zero attached hydrogens (tertiary/aromatic N) is 1.